The highest BCUT2D eigenvalue weighted by Gasteiger charge is 2.39. The molecule has 1 aromatic carbocycles. The molecule has 2 aliphatic rings. The first-order chi connectivity index (χ1) is 14.5. The van der Waals surface area contributed by atoms with E-state index in [1.54, 1.807) is 0 Å². The number of fused-ring (bicyclic) bond motifs is 1. The third-order valence-corrected chi connectivity index (χ3v) is 5.65. The summed E-state index contributed by atoms with van der Waals surface area (Å²) in [6.45, 7) is 1.61. The Bertz CT molecular complexity index is 802. The molecule has 162 valence electrons. The molecule has 1 saturated heterocycles. The molecule has 2 heterocycles. The van der Waals surface area contributed by atoms with E-state index in [2.05, 4.69) is 15.6 Å². The second-order valence-corrected chi connectivity index (χ2v) is 7.75. The van der Waals surface area contributed by atoms with Crippen molar-refractivity contribution in [2.45, 2.75) is 56.8 Å². The number of hydrogen-bond donors (Lipinski definition) is 4. The van der Waals surface area contributed by atoms with Gasteiger partial charge in [-0.15, -0.1) is 0 Å². The standard InChI is InChI=1S/C21H30N6O3/c22-21(23)25-10-3-7-16(13-28)27(19(29)17-8-4-9-24-17)20(30)18-11-14-5-1-2-6-15(14)12-26-18/h1-2,5-6,13,16-18,24,26H,3-4,7-12H2,(H4,22,23,25)/t16-,17-,18?/m0/s1. The molecule has 6 N–H and O–H groups in total. The van der Waals surface area contributed by atoms with Crippen molar-refractivity contribution in [1.29, 1.82) is 0 Å². The van der Waals surface area contributed by atoms with E-state index in [4.69, 9.17) is 11.5 Å². The Labute approximate surface area is 176 Å². The van der Waals surface area contributed by atoms with Crippen molar-refractivity contribution in [3.63, 3.8) is 0 Å². The van der Waals surface area contributed by atoms with Crippen molar-refractivity contribution in [2.24, 2.45) is 16.5 Å². The molecule has 2 aliphatic heterocycles. The van der Waals surface area contributed by atoms with Crippen molar-refractivity contribution in [2.75, 3.05) is 13.1 Å². The van der Waals surface area contributed by atoms with E-state index in [1.807, 2.05) is 24.3 Å². The van der Waals surface area contributed by atoms with Gasteiger partial charge in [-0.25, -0.2) is 0 Å². The van der Waals surface area contributed by atoms with Crippen LogP contribution in [0.15, 0.2) is 29.3 Å². The van der Waals surface area contributed by atoms with Crippen molar-refractivity contribution in [3.8, 4) is 0 Å². The molecule has 0 aliphatic carbocycles. The number of carbonyl (C=O) groups is 3. The fourth-order valence-corrected chi connectivity index (χ4v) is 4.06. The van der Waals surface area contributed by atoms with Crippen LogP contribution in [0.4, 0.5) is 0 Å². The summed E-state index contributed by atoms with van der Waals surface area (Å²) >= 11 is 0. The lowest BCUT2D eigenvalue weighted by atomic mass is 9.94. The number of nitrogens with two attached hydrogens (primary N) is 2. The molecular weight excluding hydrogens is 384 g/mol. The number of guanidine groups is 1. The minimum atomic E-state index is -0.847. The second-order valence-electron chi connectivity index (χ2n) is 7.75. The van der Waals surface area contributed by atoms with Crippen LogP contribution in [0.1, 0.15) is 36.8 Å². The van der Waals surface area contributed by atoms with Crippen LogP contribution in [-0.4, -0.2) is 60.2 Å². The second kappa shape index (κ2) is 10.3. The molecule has 3 rings (SSSR count). The number of nitrogens with zero attached hydrogens (tertiary/aromatic N) is 2. The molecule has 3 atom stereocenters. The number of aldehydes is 1. The number of amides is 2. The number of benzene rings is 1. The Hall–Kier alpha value is -2.78. The normalized spacial score (nSPS) is 21.3. The fraction of sp³-hybridized carbons (Fsp3) is 0.524. The van der Waals surface area contributed by atoms with Gasteiger partial charge in [0.1, 0.15) is 6.29 Å². The van der Waals surface area contributed by atoms with Gasteiger partial charge in [-0.3, -0.25) is 19.5 Å². The van der Waals surface area contributed by atoms with E-state index in [-0.39, 0.29) is 17.8 Å². The quantitative estimate of drug-likeness (QED) is 0.147. The number of rotatable bonds is 8. The average molecular weight is 415 g/mol. The first-order valence-electron chi connectivity index (χ1n) is 10.4. The molecule has 9 heteroatoms. The minimum absolute atomic E-state index is 0.0260. The van der Waals surface area contributed by atoms with Gasteiger partial charge in [-0.05, 0) is 49.8 Å². The van der Waals surface area contributed by atoms with Crippen LogP contribution in [0.3, 0.4) is 0 Å². The van der Waals surface area contributed by atoms with E-state index < -0.39 is 18.1 Å². The van der Waals surface area contributed by atoms with E-state index in [0.29, 0.717) is 45.1 Å². The Balaban J connectivity index is 1.77. The summed E-state index contributed by atoms with van der Waals surface area (Å²) in [5.74, 6) is -0.721. The highest BCUT2D eigenvalue weighted by atomic mass is 16.2. The van der Waals surface area contributed by atoms with E-state index in [9.17, 15) is 14.4 Å². The van der Waals surface area contributed by atoms with Crippen LogP contribution in [0.25, 0.3) is 0 Å². The molecular formula is C21H30N6O3. The zero-order chi connectivity index (χ0) is 21.5. The van der Waals surface area contributed by atoms with Crippen molar-refractivity contribution < 1.29 is 14.4 Å². The Kier molecular flexibility index (Phi) is 7.53. The van der Waals surface area contributed by atoms with Crippen molar-refractivity contribution in [3.05, 3.63) is 35.4 Å². The maximum absolute atomic E-state index is 13.4. The lowest BCUT2D eigenvalue weighted by Gasteiger charge is -2.34. The van der Waals surface area contributed by atoms with Gasteiger partial charge in [0, 0.05) is 13.1 Å². The monoisotopic (exact) mass is 414 g/mol. The summed E-state index contributed by atoms with van der Waals surface area (Å²) < 4.78 is 0. The fourth-order valence-electron chi connectivity index (χ4n) is 4.06. The molecule has 30 heavy (non-hydrogen) atoms. The molecule has 1 aromatic rings. The van der Waals surface area contributed by atoms with Crippen LogP contribution in [0, 0.1) is 0 Å². The molecule has 0 aromatic heterocycles. The number of hydrogen-bond acceptors (Lipinski definition) is 6. The molecule has 0 spiro atoms. The zero-order valence-corrected chi connectivity index (χ0v) is 17.0. The van der Waals surface area contributed by atoms with E-state index >= 15 is 0 Å². The zero-order valence-electron chi connectivity index (χ0n) is 17.0. The van der Waals surface area contributed by atoms with Gasteiger partial charge in [-0.1, -0.05) is 24.3 Å². The molecule has 9 nitrogen and oxygen atoms in total. The summed E-state index contributed by atoms with van der Waals surface area (Å²) in [4.78, 5) is 43.6. The van der Waals surface area contributed by atoms with Crippen LogP contribution in [0.5, 0.6) is 0 Å². The summed E-state index contributed by atoms with van der Waals surface area (Å²) in [6, 6.07) is 6.08. The third-order valence-electron chi connectivity index (χ3n) is 5.65. The summed E-state index contributed by atoms with van der Waals surface area (Å²) in [5, 5.41) is 6.36. The van der Waals surface area contributed by atoms with Gasteiger partial charge in [0.15, 0.2) is 5.96 Å². The smallest absolute Gasteiger partial charge is 0.247 e. The molecule has 2 amide bonds. The Morgan fingerprint density at radius 2 is 1.90 bits per heavy atom. The van der Waals surface area contributed by atoms with Crippen molar-refractivity contribution in [1.82, 2.24) is 15.5 Å². The topological polar surface area (TPSA) is 143 Å². The lowest BCUT2D eigenvalue weighted by Crippen LogP contribution is -2.58. The number of imide groups is 1. The molecule has 0 saturated carbocycles. The van der Waals surface area contributed by atoms with Crippen LogP contribution < -0.4 is 22.1 Å². The summed E-state index contributed by atoms with van der Waals surface area (Å²) in [5.41, 5.74) is 12.9. The summed E-state index contributed by atoms with van der Waals surface area (Å²) in [7, 11) is 0. The van der Waals surface area contributed by atoms with Gasteiger partial charge in [0.25, 0.3) is 0 Å². The predicted molar refractivity (Wildman–Crippen MR) is 113 cm³/mol. The van der Waals surface area contributed by atoms with Gasteiger partial charge < -0.3 is 26.9 Å². The molecule has 1 fully saturated rings. The van der Waals surface area contributed by atoms with Crippen LogP contribution in [-0.2, 0) is 27.3 Å². The largest absolute Gasteiger partial charge is 0.370 e. The van der Waals surface area contributed by atoms with Crippen LogP contribution in [0.2, 0.25) is 0 Å². The highest BCUT2D eigenvalue weighted by molar-refractivity contribution is 6.02. The molecule has 1 unspecified atom stereocenters. The maximum Gasteiger partial charge on any atom is 0.247 e. The lowest BCUT2D eigenvalue weighted by molar-refractivity contribution is -0.152. The maximum atomic E-state index is 13.4. The van der Waals surface area contributed by atoms with Gasteiger partial charge in [0.2, 0.25) is 11.8 Å². The first-order valence-corrected chi connectivity index (χ1v) is 10.4. The number of nitrogens with one attached hydrogen (secondary N) is 2. The highest BCUT2D eigenvalue weighted by Crippen LogP contribution is 2.20. The van der Waals surface area contributed by atoms with Gasteiger partial charge >= 0.3 is 0 Å². The number of aliphatic imine (C=N–C) groups is 1. The van der Waals surface area contributed by atoms with E-state index in [1.165, 1.54) is 0 Å². The van der Waals surface area contributed by atoms with E-state index in [0.717, 1.165) is 29.0 Å². The first kappa shape index (κ1) is 21.9. The van der Waals surface area contributed by atoms with Crippen LogP contribution >= 0.6 is 0 Å². The molecule has 0 radical (unpaired) electrons. The van der Waals surface area contributed by atoms with Gasteiger partial charge in [-0.2, -0.15) is 0 Å². The SMILES string of the molecule is NC(N)=NCCC[C@@H](C=O)N(C(=O)C1Cc2ccccc2CN1)C(=O)[C@@H]1CCCN1. The summed E-state index contributed by atoms with van der Waals surface area (Å²) in [6.07, 6.45) is 3.48. The predicted octanol–water partition coefficient (Wildman–Crippen LogP) is -0.571. The van der Waals surface area contributed by atoms with Crippen molar-refractivity contribution >= 4 is 24.1 Å². The Morgan fingerprint density at radius 3 is 2.57 bits per heavy atom. The number of carbonyl (C=O) groups excluding carboxylic acids is 3. The Morgan fingerprint density at radius 1 is 1.17 bits per heavy atom. The average Bonchev–Trinajstić information content (AvgIpc) is 3.29. The molecule has 0 bridgehead atoms. The van der Waals surface area contributed by atoms with Gasteiger partial charge in [0.05, 0.1) is 18.1 Å². The third kappa shape index (κ3) is 5.22. The minimum Gasteiger partial charge on any atom is -0.370 e.